The molecule has 3 rings (SSSR count). The summed E-state index contributed by atoms with van der Waals surface area (Å²) in [6, 6.07) is 16.5. The average molecular weight is 351 g/mol. The van der Waals surface area contributed by atoms with Crippen LogP contribution in [-0.2, 0) is 17.6 Å². The Morgan fingerprint density at radius 1 is 1.08 bits per heavy atom. The quantitative estimate of drug-likeness (QED) is 0.789. The van der Waals surface area contributed by atoms with Crippen molar-refractivity contribution in [3.63, 3.8) is 0 Å². The number of amides is 1. The van der Waals surface area contributed by atoms with Gasteiger partial charge in [-0.3, -0.25) is 4.79 Å². The molecule has 0 radical (unpaired) electrons. The Kier molecular flexibility index (Phi) is 6.32. The van der Waals surface area contributed by atoms with E-state index in [4.69, 9.17) is 4.74 Å². The van der Waals surface area contributed by atoms with Crippen LogP contribution in [0.25, 0.3) is 0 Å². The van der Waals surface area contributed by atoms with Gasteiger partial charge in [0, 0.05) is 6.54 Å². The van der Waals surface area contributed by atoms with E-state index in [0.29, 0.717) is 13.0 Å². The number of benzene rings is 2. The van der Waals surface area contributed by atoms with Gasteiger partial charge in [-0.25, -0.2) is 0 Å². The van der Waals surface area contributed by atoms with E-state index in [1.54, 1.807) is 0 Å². The third-order valence-corrected chi connectivity index (χ3v) is 5.21. The second kappa shape index (κ2) is 8.88. The first-order chi connectivity index (χ1) is 12.7. The van der Waals surface area contributed by atoms with Crippen LogP contribution in [0, 0.1) is 0 Å². The SMILES string of the molecule is CC[C@@H](Oc1ccc2c(c1)CCCC2)C(=O)NC[C@@H](C)c1ccccc1. The molecule has 2 atom stereocenters. The zero-order valence-electron chi connectivity index (χ0n) is 15.8. The number of carbonyl (C=O) groups excluding carboxylic acids is 1. The highest BCUT2D eigenvalue weighted by Crippen LogP contribution is 2.26. The van der Waals surface area contributed by atoms with Crippen molar-refractivity contribution >= 4 is 5.91 Å². The van der Waals surface area contributed by atoms with Crippen LogP contribution in [0.1, 0.15) is 55.7 Å². The number of hydrogen-bond donors (Lipinski definition) is 1. The normalized spacial score (nSPS) is 15.6. The zero-order chi connectivity index (χ0) is 18.4. The van der Waals surface area contributed by atoms with Crippen LogP contribution in [0.2, 0.25) is 0 Å². The standard InChI is InChI=1S/C23H29NO2/c1-3-22(23(25)24-16-17(2)18-9-5-4-6-10-18)26-21-14-13-19-11-7-8-12-20(19)15-21/h4-6,9-10,13-15,17,22H,3,7-8,11-12,16H2,1-2H3,(H,24,25)/t17-,22-/m1/s1. The molecular weight excluding hydrogens is 322 g/mol. The summed E-state index contributed by atoms with van der Waals surface area (Å²) in [5.41, 5.74) is 4.04. The molecule has 26 heavy (non-hydrogen) atoms. The van der Waals surface area contributed by atoms with E-state index in [-0.39, 0.29) is 11.8 Å². The van der Waals surface area contributed by atoms with Crippen molar-refractivity contribution < 1.29 is 9.53 Å². The van der Waals surface area contributed by atoms with Crippen molar-refractivity contribution in [1.82, 2.24) is 5.32 Å². The molecule has 0 saturated heterocycles. The summed E-state index contributed by atoms with van der Waals surface area (Å²) in [6.07, 6.45) is 5.00. The fourth-order valence-electron chi connectivity index (χ4n) is 3.54. The molecule has 3 heteroatoms. The molecule has 0 spiro atoms. The van der Waals surface area contributed by atoms with Gasteiger partial charge in [0.1, 0.15) is 5.75 Å². The molecule has 0 fully saturated rings. The largest absolute Gasteiger partial charge is 0.481 e. The fraction of sp³-hybridized carbons (Fsp3) is 0.435. The van der Waals surface area contributed by atoms with Crippen molar-refractivity contribution in [2.24, 2.45) is 0 Å². The molecule has 1 aliphatic carbocycles. The van der Waals surface area contributed by atoms with Gasteiger partial charge >= 0.3 is 0 Å². The molecule has 0 aromatic heterocycles. The average Bonchev–Trinajstić information content (AvgIpc) is 2.70. The number of fused-ring (bicyclic) bond motifs is 1. The molecule has 2 aromatic carbocycles. The Labute approximate surface area is 156 Å². The molecule has 0 saturated carbocycles. The predicted molar refractivity (Wildman–Crippen MR) is 106 cm³/mol. The van der Waals surface area contributed by atoms with Gasteiger partial charge in [-0.05, 0) is 66.8 Å². The number of rotatable bonds is 7. The predicted octanol–water partition coefficient (Wildman–Crippen LogP) is 4.64. The molecule has 2 aromatic rings. The first-order valence-corrected chi connectivity index (χ1v) is 9.78. The molecule has 0 aliphatic heterocycles. The fourth-order valence-corrected chi connectivity index (χ4v) is 3.54. The lowest BCUT2D eigenvalue weighted by molar-refractivity contribution is -0.128. The Morgan fingerprint density at radius 2 is 1.81 bits per heavy atom. The zero-order valence-corrected chi connectivity index (χ0v) is 15.8. The van der Waals surface area contributed by atoms with Crippen molar-refractivity contribution in [2.45, 2.75) is 58.0 Å². The summed E-state index contributed by atoms with van der Waals surface area (Å²) in [6.45, 7) is 4.73. The summed E-state index contributed by atoms with van der Waals surface area (Å²) in [7, 11) is 0. The van der Waals surface area contributed by atoms with Crippen LogP contribution in [0.4, 0.5) is 0 Å². The maximum atomic E-state index is 12.6. The van der Waals surface area contributed by atoms with Gasteiger partial charge in [0.2, 0.25) is 0 Å². The number of carbonyl (C=O) groups is 1. The van der Waals surface area contributed by atoms with Crippen LogP contribution in [0.5, 0.6) is 5.75 Å². The molecule has 1 amide bonds. The second-order valence-electron chi connectivity index (χ2n) is 7.21. The summed E-state index contributed by atoms with van der Waals surface area (Å²) >= 11 is 0. The van der Waals surface area contributed by atoms with Gasteiger partial charge in [0.05, 0.1) is 0 Å². The molecule has 3 nitrogen and oxygen atoms in total. The first-order valence-electron chi connectivity index (χ1n) is 9.78. The number of nitrogens with one attached hydrogen (secondary N) is 1. The Balaban J connectivity index is 1.57. The minimum absolute atomic E-state index is 0.0343. The summed E-state index contributed by atoms with van der Waals surface area (Å²) in [5.74, 6) is 1.05. The van der Waals surface area contributed by atoms with Gasteiger partial charge in [0.25, 0.3) is 5.91 Å². The van der Waals surface area contributed by atoms with Gasteiger partial charge in [-0.15, -0.1) is 0 Å². The van der Waals surface area contributed by atoms with Crippen LogP contribution >= 0.6 is 0 Å². The van der Waals surface area contributed by atoms with E-state index in [1.165, 1.54) is 29.5 Å². The number of aryl methyl sites for hydroxylation is 2. The Bertz CT molecular complexity index is 726. The molecule has 0 heterocycles. The lowest BCUT2D eigenvalue weighted by atomic mass is 9.92. The minimum Gasteiger partial charge on any atom is -0.481 e. The first kappa shape index (κ1) is 18.5. The van der Waals surface area contributed by atoms with Gasteiger partial charge in [0.15, 0.2) is 6.10 Å². The van der Waals surface area contributed by atoms with Crippen LogP contribution in [-0.4, -0.2) is 18.6 Å². The van der Waals surface area contributed by atoms with E-state index in [2.05, 4.69) is 36.5 Å². The van der Waals surface area contributed by atoms with Crippen molar-refractivity contribution in [2.75, 3.05) is 6.54 Å². The highest BCUT2D eigenvalue weighted by Gasteiger charge is 2.20. The van der Waals surface area contributed by atoms with Gasteiger partial charge in [-0.2, -0.15) is 0 Å². The van der Waals surface area contributed by atoms with E-state index in [0.717, 1.165) is 18.6 Å². The highest BCUT2D eigenvalue weighted by molar-refractivity contribution is 5.81. The lowest BCUT2D eigenvalue weighted by Gasteiger charge is -2.21. The third-order valence-electron chi connectivity index (χ3n) is 5.21. The van der Waals surface area contributed by atoms with E-state index >= 15 is 0 Å². The lowest BCUT2D eigenvalue weighted by Crippen LogP contribution is -2.39. The van der Waals surface area contributed by atoms with Crippen molar-refractivity contribution in [3.8, 4) is 5.75 Å². The van der Waals surface area contributed by atoms with Crippen molar-refractivity contribution in [3.05, 3.63) is 65.2 Å². The Morgan fingerprint density at radius 3 is 2.54 bits per heavy atom. The van der Waals surface area contributed by atoms with Crippen LogP contribution in [0.3, 0.4) is 0 Å². The highest BCUT2D eigenvalue weighted by atomic mass is 16.5. The van der Waals surface area contributed by atoms with E-state index < -0.39 is 6.10 Å². The molecule has 0 bridgehead atoms. The third kappa shape index (κ3) is 4.66. The smallest absolute Gasteiger partial charge is 0.261 e. The monoisotopic (exact) mass is 351 g/mol. The van der Waals surface area contributed by atoms with Gasteiger partial charge < -0.3 is 10.1 Å². The summed E-state index contributed by atoms with van der Waals surface area (Å²) in [5, 5.41) is 3.05. The van der Waals surface area contributed by atoms with E-state index in [1.807, 2.05) is 31.2 Å². The van der Waals surface area contributed by atoms with E-state index in [9.17, 15) is 4.79 Å². The molecular formula is C23H29NO2. The topological polar surface area (TPSA) is 38.3 Å². The number of ether oxygens (including phenoxy) is 1. The minimum atomic E-state index is -0.445. The molecule has 0 unspecified atom stereocenters. The summed E-state index contributed by atoms with van der Waals surface area (Å²) < 4.78 is 6.02. The maximum absolute atomic E-state index is 12.6. The second-order valence-corrected chi connectivity index (χ2v) is 7.21. The van der Waals surface area contributed by atoms with Gasteiger partial charge in [-0.1, -0.05) is 50.2 Å². The molecule has 1 N–H and O–H groups in total. The Hall–Kier alpha value is -2.29. The van der Waals surface area contributed by atoms with Crippen LogP contribution in [0.15, 0.2) is 48.5 Å². The molecule has 1 aliphatic rings. The van der Waals surface area contributed by atoms with Crippen LogP contribution < -0.4 is 10.1 Å². The number of hydrogen-bond acceptors (Lipinski definition) is 2. The summed E-state index contributed by atoms with van der Waals surface area (Å²) in [4.78, 5) is 12.6. The maximum Gasteiger partial charge on any atom is 0.261 e. The van der Waals surface area contributed by atoms with Crippen molar-refractivity contribution in [1.29, 1.82) is 0 Å². The molecule has 138 valence electrons.